The third kappa shape index (κ3) is 5.16. The van der Waals surface area contributed by atoms with Crippen molar-refractivity contribution in [2.45, 2.75) is 52.4 Å². The van der Waals surface area contributed by atoms with Crippen LogP contribution in [0, 0.1) is 32.6 Å². The molecule has 2 atom stereocenters. The van der Waals surface area contributed by atoms with Gasteiger partial charge >= 0.3 is 0 Å². The third-order valence-corrected chi connectivity index (χ3v) is 7.25. The van der Waals surface area contributed by atoms with E-state index in [0.717, 1.165) is 47.1 Å². The topological polar surface area (TPSA) is 54.5 Å². The van der Waals surface area contributed by atoms with E-state index in [0.29, 0.717) is 25.4 Å². The van der Waals surface area contributed by atoms with Crippen LogP contribution in [0.1, 0.15) is 59.4 Å². The number of Topliss-reactive ketones (excluding diaryl/α,β-unsaturated/α-hetero) is 2. The molecule has 0 radical (unpaired) electrons. The van der Waals surface area contributed by atoms with E-state index < -0.39 is 5.92 Å². The Hall–Kier alpha value is -3.01. The van der Waals surface area contributed by atoms with Crippen molar-refractivity contribution in [3.05, 3.63) is 76.4 Å². The van der Waals surface area contributed by atoms with E-state index in [9.17, 15) is 14.4 Å². The zero-order valence-electron chi connectivity index (χ0n) is 19.8. The zero-order valence-corrected chi connectivity index (χ0v) is 19.8. The summed E-state index contributed by atoms with van der Waals surface area (Å²) in [6.45, 7) is 7.46. The van der Waals surface area contributed by atoms with E-state index >= 15 is 0 Å². The van der Waals surface area contributed by atoms with Crippen LogP contribution in [0.25, 0.3) is 6.08 Å². The lowest BCUT2D eigenvalue weighted by atomic mass is 9.83. The Labute approximate surface area is 196 Å². The summed E-state index contributed by atoms with van der Waals surface area (Å²) in [5.74, 6) is -0.200. The van der Waals surface area contributed by atoms with Crippen molar-refractivity contribution < 1.29 is 14.4 Å². The molecule has 4 rings (SSSR count). The number of nitrogens with zero attached hydrogens (tertiary/aromatic N) is 1. The predicted octanol–water partition coefficient (Wildman–Crippen LogP) is 5.20. The quantitative estimate of drug-likeness (QED) is 0.472. The van der Waals surface area contributed by atoms with Crippen LogP contribution in [0.15, 0.2) is 48.5 Å². The van der Waals surface area contributed by atoms with Crippen molar-refractivity contribution >= 4 is 23.5 Å². The number of likely N-dealkylation sites (tertiary alicyclic amines) is 1. The molecule has 0 spiro atoms. The Balaban J connectivity index is 1.34. The molecule has 1 aliphatic heterocycles. The molecule has 0 aromatic heterocycles. The third-order valence-electron chi connectivity index (χ3n) is 7.25. The van der Waals surface area contributed by atoms with Gasteiger partial charge in [-0.2, -0.15) is 0 Å². The van der Waals surface area contributed by atoms with Crippen LogP contribution in [0.5, 0.6) is 0 Å². The number of piperidine rings is 1. The van der Waals surface area contributed by atoms with Gasteiger partial charge in [-0.1, -0.05) is 48.0 Å². The summed E-state index contributed by atoms with van der Waals surface area (Å²) >= 11 is 0. The van der Waals surface area contributed by atoms with Crippen LogP contribution in [0.3, 0.4) is 0 Å². The van der Waals surface area contributed by atoms with Gasteiger partial charge in [0.1, 0.15) is 11.7 Å². The van der Waals surface area contributed by atoms with Crippen molar-refractivity contribution in [1.29, 1.82) is 0 Å². The van der Waals surface area contributed by atoms with E-state index in [2.05, 4.69) is 12.1 Å². The molecule has 33 heavy (non-hydrogen) atoms. The van der Waals surface area contributed by atoms with Gasteiger partial charge in [-0.05, 0) is 74.3 Å². The van der Waals surface area contributed by atoms with Crippen LogP contribution in [0.4, 0.5) is 0 Å². The second-order valence-electron chi connectivity index (χ2n) is 9.76. The molecule has 2 aromatic rings. The second kappa shape index (κ2) is 9.86. The number of benzene rings is 2. The molecule has 1 saturated heterocycles. The van der Waals surface area contributed by atoms with Gasteiger partial charge in [-0.3, -0.25) is 14.4 Å². The zero-order chi connectivity index (χ0) is 23.5. The minimum atomic E-state index is -0.597. The molecule has 4 heteroatoms. The molecular formula is C29H33NO3. The van der Waals surface area contributed by atoms with Crippen LogP contribution < -0.4 is 0 Å². The highest BCUT2D eigenvalue weighted by atomic mass is 16.2. The van der Waals surface area contributed by atoms with Gasteiger partial charge in [0.05, 0.1) is 0 Å². The summed E-state index contributed by atoms with van der Waals surface area (Å²) in [6.07, 6.45) is 6.38. The maximum Gasteiger partial charge on any atom is 0.246 e. The summed E-state index contributed by atoms with van der Waals surface area (Å²) in [5, 5.41) is 0. The van der Waals surface area contributed by atoms with Crippen molar-refractivity contribution in [2.75, 3.05) is 13.1 Å². The number of hydrogen-bond acceptors (Lipinski definition) is 3. The van der Waals surface area contributed by atoms with Gasteiger partial charge < -0.3 is 4.90 Å². The minimum absolute atomic E-state index is 0.0369. The summed E-state index contributed by atoms with van der Waals surface area (Å²) in [4.78, 5) is 40.6. The molecule has 2 fully saturated rings. The number of carbonyl (C=O) groups is 3. The standard InChI is InChI=1S/C29H33NO3/c1-19-15-20(2)27(21(3)16-19)28-25(31)18-24(29(28)33)17-23-11-13-30(14-12-23)26(32)10-9-22-7-5-4-6-8-22/h4-10,15-16,23-24,28H,11-14,17-18H2,1-3H3/b10-9+. The Morgan fingerprint density at radius 2 is 1.64 bits per heavy atom. The first-order valence-corrected chi connectivity index (χ1v) is 12.0. The Bertz CT molecular complexity index is 1050. The van der Waals surface area contributed by atoms with E-state index in [1.807, 2.05) is 62.1 Å². The lowest BCUT2D eigenvalue weighted by Crippen LogP contribution is -2.38. The number of aryl methyl sites for hydroxylation is 3. The monoisotopic (exact) mass is 443 g/mol. The molecule has 0 N–H and O–H groups in total. The molecule has 4 nitrogen and oxygen atoms in total. The van der Waals surface area contributed by atoms with Gasteiger partial charge in [-0.25, -0.2) is 0 Å². The number of carbonyl (C=O) groups excluding carboxylic acids is 3. The Morgan fingerprint density at radius 3 is 2.27 bits per heavy atom. The smallest absolute Gasteiger partial charge is 0.246 e. The van der Waals surface area contributed by atoms with Crippen LogP contribution in [-0.2, 0) is 14.4 Å². The first-order valence-electron chi connectivity index (χ1n) is 12.0. The summed E-state index contributed by atoms with van der Waals surface area (Å²) < 4.78 is 0. The van der Waals surface area contributed by atoms with Gasteiger partial charge in [0.25, 0.3) is 0 Å². The minimum Gasteiger partial charge on any atom is -0.339 e. The fraction of sp³-hybridized carbons (Fsp3) is 0.414. The van der Waals surface area contributed by atoms with E-state index in [1.54, 1.807) is 6.08 Å². The fourth-order valence-corrected chi connectivity index (χ4v) is 5.63. The molecular weight excluding hydrogens is 410 g/mol. The summed E-state index contributed by atoms with van der Waals surface area (Å²) in [6, 6.07) is 13.9. The Kier molecular flexibility index (Phi) is 6.92. The molecule has 1 saturated carbocycles. The van der Waals surface area contributed by atoms with E-state index in [1.165, 1.54) is 0 Å². The number of ketones is 2. The molecule has 1 amide bonds. The fourth-order valence-electron chi connectivity index (χ4n) is 5.63. The van der Waals surface area contributed by atoms with Gasteiger partial charge in [-0.15, -0.1) is 0 Å². The molecule has 2 unspecified atom stereocenters. The molecule has 2 aliphatic rings. The van der Waals surface area contributed by atoms with Crippen LogP contribution in [-0.4, -0.2) is 35.5 Å². The highest BCUT2D eigenvalue weighted by Crippen LogP contribution is 2.39. The molecule has 1 heterocycles. The average Bonchev–Trinajstić information content (AvgIpc) is 3.06. The largest absolute Gasteiger partial charge is 0.339 e. The van der Waals surface area contributed by atoms with Crippen molar-refractivity contribution in [3.8, 4) is 0 Å². The van der Waals surface area contributed by atoms with Gasteiger partial charge in [0.15, 0.2) is 5.78 Å². The normalized spacial score (nSPS) is 21.8. The van der Waals surface area contributed by atoms with E-state index in [4.69, 9.17) is 0 Å². The average molecular weight is 444 g/mol. The van der Waals surface area contributed by atoms with Crippen molar-refractivity contribution in [3.63, 3.8) is 0 Å². The van der Waals surface area contributed by atoms with Gasteiger partial charge in [0, 0.05) is 31.5 Å². The maximum atomic E-state index is 13.3. The van der Waals surface area contributed by atoms with Crippen molar-refractivity contribution in [1.82, 2.24) is 4.90 Å². The van der Waals surface area contributed by atoms with Gasteiger partial charge in [0.2, 0.25) is 5.91 Å². The van der Waals surface area contributed by atoms with Crippen LogP contribution >= 0.6 is 0 Å². The molecule has 172 valence electrons. The predicted molar refractivity (Wildman–Crippen MR) is 131 cm³/mol. The van der Waals surface area contributed by atoms with E-state index in [-0.39, 0.29) is 23.4 Å². The highest BCUT2D eigenvalue weighted by Gasteiger charge is 2.44. The lowest BCUT2D eigenvalue weighted by Gasteiger charge is -2.32. The molecule has 0 bridgehead atoms. The molecule has 2 aromatic carbocycles. The SMILES string of the molecule is Cc1cc(C)c(C2C(=O)CC(CC3CCN(C(=O)/C=C/c4ccccc4)CC3)C2=O)c(C)c1. The summed E-state index contributed by atoms with van der Waals surface area (Å²) in [7, 11) is 0. The molecule has 1 aliphatic carbocycles. The number of amides is 1. The van der Waals surface area contributed by atoms with Crippen LogP contribution in [0.2, 0.25) is 0 Å². The highest BCUT2D eigenvalue weighted by molar-refractivity contribution is 6.15. The summed E-state index contributed by atoms with van der Waals surface area (Å²) in [5.41, 5.74) is 5.16. The first kappa shape index (κ1) is 23.2. The number of hydrogen-bond donors (Lipinski definition) is 0. The number of rotatable bonds is 5. The lowest BCUT2D eigenvalue weighted by molar-refractivity contribution is -0.128. The second-order valence-corrected chi connectivity index (χ2v) is 9.76. The maximum absolute atomic E-state index is 13.3. The Morgan fingerprint density at radius 1 is 1.00 bits per heavy atom. The van der Waals surface area contributed by atoms with Crippen molar-refractivity contribution in [2.24, 2.45) is 11.8 Å². The first-order chi connectivity index (χ1) is 15.8.